The van der Waals surface area contributed by atoms with E-state index in [1.165, 1.54) is 5.56 Å². The van der Waals surface area contributed by atoms with Crippen LogP contribution in [-0.2, 0) is 13.0 Å². The number of benzene rings is 1. The largest absolute Gasteiger partial charge is 0.438 e. The lowest BCUT2D eigenvalue weighted by atomic mass is 10.2. The molecule has 0 amide bonds. The highest BCUT2D eigenvalue weighted by Crippen LogP contribution is 2.19. The molecule has 0 fully saturated rings. The second kappa shape index (κ2) is 5.41. The van der Waals surface area contributed by atoms with Gasteiger partial charge in [0.2, 0.25) is 5.88 Å². The van der Waals surface area contributed by atoms with E-state index < -0.39 is 0 Å². The molecule has 1 aromatic carbocycles. The lowest BCUT2D eigenvalue weighted by Crippen LogP contribution is -2.01. The molecule has 1 heterocycles. The van der Waals surface area contributed by atoms with Crippen LogP contribution in [0.3, 0.4) is 0 Å². The van der Waals surface area contributed by atoms with Gasteiger partial charge in [-0.25, -0.2) is 0 Å². The molecule has 0 aliphatic rings. The van der Waals surface area contributed by atoms with Gasteiger partial charge in [0.15, 0.2) is 0 Å². The molecular weight excluding hydrogens is 214 g/mol. The number of aromatic nitrogens is 2. The summed E-state index contributed by atoms with van der Waals surface area (Å²) in [6.07, 6.45) is 1.02. The number of nitrogens with two attached hydrogens (primary N) is 1. The fraction of sp³-hybridized carbons (Fsp3) is 0.231. The van der Waals surface area contributed by atoms with Crippen molar-refractivity contribution in [2.75, 3.05) is 0 Å². The molecule has 0 spiro atoms. The van der Waals surface area contributed by atoms with Crippen LogP contribution in [0.15, 0.2) is 36.4 Å². The SMILES string of the molecule is CCc1ccc(Oc2ccc(CN)nn2)cc1. The van der Waals surface area contributed by atoms with Crippen molar-refractivity contribution in [1.82, 2.24) is 10.2 Å². The molecule has 4 heteroatoms. The molecule has 0 radical (unpaired) electrons. The summed E-state index contributed by atoms with van der Waals surface area (Å²) in [5.41, 5.74) is 7.47. The van der Waals surface area contributed by atoms with Crippen LogP contribution in [0.25, 0.3) is 0 Å². The maximum Gasteiger partial charge on any atom is 0.238 e. The third-order valence-electron chi connectivity index (χ3n) is 2.46. The van der Waals surface area contributed by atoms with Gasteiger partial charge in [0.05, 0.1) is 5.69 Å². The standard InChI is InChI=1S/C13H15N3O/c1-2-10-3-6-12(7-4-10)17-13-8-5-11(9-14)15-16-13/h3-8H,2,9,14H2,1H3. The van der Waals surface area contributed by atoms with Crippen LogP contribution in [0.4, 0.5) is 0 Å². The van der Waals surface area contributed by atoms with Crippen LogP contribution >= 0.6 is 0 Å². The fourth-order valence-corrected chi connectivity index (χ4v) is 1.42. The summed E-state index contributed by atoms with van der Waals surface area (Å²) in [7, 11) is 0. The van der Waals surface area contributed by atoms with Crippen molar-refractivity contribution in [2.24, 2.45) is 5.73 Å². The van der Waals surface area contributed by atoms with Gasteiger partial charge in [-0.3, -0.25) is 0 Å². The monoisotopic (exact) mass is 229 g/mol. The van der Waals surface area contributed by atoms with Crippen LogP contribution in [-0.4, -0.2) is 10.2 Å². The van der Waals surface area contributed by atoms with Crippen molar-refractivity contribution >= 4 is 0 Å². The third-order valence-corrected chi connectivity index (χ3v) is 2.46. The molecule has 0 bridgehead atoms. The highest BCUT2D eigenvalue weighted by atomic mass is 16.5. The summed E-state index contributed by atoms with van der Waals surface area (Å²) < 4.78 is 5.56. The van der Waals surface area contributed by atoms with Gasteiger partial charge in [-0.15, -0.1) is 5.10 Å². The average Bonchev–Trinajstić information content (AvgIpc) is 2.40. The van der Waals surface area contributed by atoms with Gasteiger partial charge in [-0.1, -0.05) is 19.1 Å². The maximum absolute atomic E-state index is 5.56. The average molecular weight is 229 g/mol. The number of aryl methyl sites for hydroxylation is 1. The van der Waals surface area contributed by atoms with Gasteiger partial charge in [-0.2, -0.15) is 5.10 Å². The zero-order valence-electron chi connectivity index (χ0n) is 9.76. The van der Waals surface area contributed by atoms with Crippen LogP contribution in [0, 0.1) is 0 Å². The molecular formula is C13H15N3O. The molecule has 0 aliphatic carbocycles. The van der Waals surface area contributed by atoms with Crippen molar-refractivity contribution < 1.29 is 4.74 Å². The number of hydrogen-bond donors (Lipinski definition) is 1. The molecule has 0 atom stereocenters. The van der Waals surface area contributed by atoms with E-state index in [-0.39, 0.29) is 0 Å². The number of ether oxygens (including phenoxy) is 1. The van der Waals surface area contributed by atoms with E-state index in [4.69, 9.17) is 10.5 Å². The van der Waals surface area contributed by atoms with E-state index in [0.717, 1.165) is 17.9 Å². The zero-order chi connectivity index (χ0) is 12.1. The van der Waals surface area contributed by atoms with Crippen molar-refractivity contribution in [1.29, 1.82) is 0 Å². The maximum atomic E-state index is 5.56. The molecule has 1 aromatic heterocycles. The minimum Gasteiger partial charge on any atom is -0.438 e. The van der Waals surface area contributed by atoms with Crippen LogP contribution in [0.2, 0.25) is 0 Å². The lowest BCUT2D eigenvalue weighted by molar-refractivity contribution is 0.453. The first-order valence-corrected chi connectivity index (χ1v) is 5.61. The summed E-state index contributed by atoms with van der Waals surface area (Å²) in [6.45, 7) is 2.51. The van der Waals surface area contributed by atoms with Crippen molar-refractivity contribution in [3.05, 3.63) is 47.7 Å². The molecule has 4 nitrogen and oxygen atoms in total. The molecule has 2 rings (SSSR count). The minimum atomic E-state index is 0.387. The van der Waals surface area contributed by atoms with Gasteiger partial charge in [0.1, 0.15) is 5.75 Å². The number of nitrogens with zero attached hydrogens (tertiary/aromatic N) is 2. The Bertz CT molecular complexity index is 420. The zero-order valence-corrected chi connectivity index (χ0v) is 9.76. The Morgan fingerprint density at radius 1 is 1.06 bits per heavy atom. The summed E-state index contributed by atoms with van der Waals surface area (Å²) in [6, 6.07) is 11.5. The fourth-order valence-electron chi connectivity index (χ4n) is 1.42. The predicted octanol–water partition coefficient (Wildman–Crippen LogP) is 2.29. The molecule has 88 valence electrons. The van der Waals surface area contributed by atoms with Crippen molar-refractivity contribution in [3.63, 3.8) is 0 Å². The van der Waals surface area contributed by atoms with Gasteiger partial charge < -0.3 is 10.5 Å². The molecule has 17 heavy (non-hydrogen) atoms. The Balaban J connectivity index is 2.08. The summed E-state index contributed by atoms with van der Waals surface area (Å²) >= 11 is 0. The van der Waals surface area contributed by atoms with Crippen LogP contribution < -0.4 is 10.5 Å². The molecule has 0 aliphatic heterocycles. The van der Waals surface area contributed by atoms with Crippen LogP contribution in [0.5, 0.6) is 11.6 Å². The van der Waals surface area contributed by atoms with E-state index in [9.17, 15) is 0 Å². The second-order valence-corrected chi connectivity index (χ2v) is 3.67. The van der Waals surface area contributed by atoms with Gasteiger partial charge in [-0.05, 0) is 30.2 Å². The van der Waals surface area contributed by atoms with E-state index in [2.05, 4.69) is 17.1 Å². The van der Waals surface area contributed by atoms with Gasteiger partial charge in [0, 0.05) is 12.6 Å². The summed E-state index contributed by atoms with van der Waals surface area (Å²) in [4.78, 5) is 0. The molecule has 0 saturated carbocycles. The number of hydrogen-bond acceptors (Lipinski definition) is 4. The Kier molecular flexibility index (Phi) is 3.67. The van der Waals surface area contributed by atoms with E-state index in [1.807, 2.05) is 30.3 Å². The Labute approximate surface area is 100 Å². The second-order valence-electron chi connectivity index (χ2n) is 3.67. The van der Waals surface area contributed by atoms with Crippen molar-refractivity contribution in [3.8, 4) is 11.6 Å². The van der Waals surface area contributed by atoms with Gasteiger partial charge in [0.25, 0.3) is 0 Å². The predicted molar refractivity (Wildman–Crippen MR) is 65.8 cm³/mol. The first-order chi connectivity index (χ1) is 8.31. The Hall–Kier alpha value is -1.94. The minimum absolute atomic E-state index is 0.387. The Morgan fingerprint density at radius 2 is 1.82 bits per heavy atom. The molecule has 0 saturated heterocycles. The van der Waals surface area contributed by atoms with E-state index in [0.29, 0.717) is 12.4 Å². The van der Waals surface area contributed by atoms with Crippen LogP contribution in [0.1, 0.15) is 18.2 Å². The first-order valence-electron chi connectivity index (χ1n) is 5.61. The highest BCUT2D eigenvalue weighted by molar-refractivity contribution is 5.30. The number of rotatable bonds is 4. The van der Waals surface area contributed by atoms with Gasteiger partial charge >= 0.3 is 0 Å². The van der Waals surface area contributed by atoms with Crippen molar-refractivity contribution in [2.45, 2.75) is 19.9 Å². The lowest BCUT2D eigenvalue weighted by Gasteiger charge is -2.05. The smallest absolute Gasteiger partial charge is 0.238 e. The first kappa shape index (κ1) is 11.5. The topological polar surface area (TPSA) is 61.0 Å². The summed E-state index contributed by atoms with van der Waals surface area (Å²) in [5, 5.41) is 7.86. The molecule has 0 unspecified atom stereocenters. The normalized spacial score (nSPS) is 10.2. The highest BCUT2D eigenvalue weighted by Gasteiger charge is 2.00. The molecule has 2 N–H and O–H groups in total. The summed E-state index contributed by atoms with van der Waals surface area (Å²) in [5.74, 6) is 1.24. The quantitative estimate of drug-likeness (QED) is 0.873. The molecule has 2 aromatic rings. The Morgan fingerprint density at radius 3 is 2.35 bits per heavy atom. The third kappa shape index (κ3) is 3.01. The van der Waals surface area contributed by atoms with E-state index >= 15 is 0 Å². The van der Waals surface area contributed by atoms with E-state index in [1.54, 1.807) is 6.07 Å².